The Kier molecular flexibility index (Phi) is 3.95. The summed E-state index contributed by atoms with van der Waals surface area (Å²) in [7, 11) is 0. The molecule has 0 radical (unpaired) electrons. The zero-order valence-corrected chi connectivity index (χ0v) is 8.46. The monoisotopic (exact) mass is 231 g/mol. The number of rotatable bonds is 3. The molecule has 0 atom stereocenters. The molecule has 1 rings (SSSR count). The molecule has 5 heteroatoms. The molecule has 0 aliphatic carbocycles. The van der Waals surface area contributed by atoms with Gasteiger partial charge in [0.2, 0.25) is 0 Å². The molecule has 0 bridgehead atoms. The van der Waals surface area contributed by atoms with Gasteiger partial charge in [-0.15, -0.1) is 0 Å². The molecule has 0 heterocycles. The third kappa shape index (κ3) is 3.27. The first-order chi connectivity index (χ1) is 7.45. The number of anilines is 1. The van der Waals surface area contributed by atoms with E-state index in [0.717, 1.165) is 12.1 Å². The van der Waals surface area contributed by atoms with Crippen molar-refractivity contribution in [3.63, 3.8) is 0 Å². The van der Waals surface area contributed by atoms with Gasteiger partial charge >= 0.3 is 6.18 Å². The molecule has 16 heavy (non-hydrogen) atoms. The fourth-order valence-electron chi connectivity index (χ4n) is 1.18. The van der Waals surface area contributed by atoms with Crippen LogP contribution in [0.4, 0.5) is 18.9 Å². The number of benzene rings is 1. The Bertz CT molecular complexity index is 385. The molecular formula is C11H12F3NO. The SMILES string of the molecule is Nc1ccc(C(F)(F)F)cc1C=CCCO. The molecular weight excluding hydrogens is 219 g/mol. The zero-order chi connectivity index (χ0) is 12.2. The largest absolute Gasteiger partial charge is 0.416 e. The number of hydrogen-bond donors (Lipinski definition) is 2. The second-order valence-corrected chi connectivity index (χ2v) is 3.26. The molecule has 2 nitrogen and oxygen atoms in total. The second-order valence-electron chi connectivity index (χ2n) is 3.26. The van der Waals surface area contributed by atoms with Crippen LogP contribution in [-0.2, 0) is 6.18 Å². The number of halogens is 3. The highest BCUT2D eigenvalue weighted by Crippen LogP contribution is 2.31. The van der Waals surface area contributed by atoms with Crippen LogP contribution in [0.1, 0.15) is 17.5 Å². The molecule has 0 spiro atoms. The first kappa shape index (κ1) is 12.6. The summed E-state index contributed by atoms with van der Waals surface area (Å²) in [4.78, 5) is 0. The maximum atomic E-state index is 12.4. The molecule has 1 aromatic rings. The number of hydrogen-bond acceptors (Lipinski definition) is 2. The van der Waals surface area contributed by atoms with Crippen molar-refractivity contribution in [1.82, 2.24) is 0 Å². The quantitative estimate of drug-likeness (QED) is 0.785. The fraction of sp³-hybridized carbons (Fsp3) is 0.273. The van der Waals surface area contributed by atoms with E-state index >= 15 is 0 Å². The number of nitrogen functional groups attached to an aromatic ring is 1. The molecule has 3 N–H and O–H groups in total. The van der Waals surface area contributed by atoms with Crippen LogP contribution in [0.3, 0.4) is 0 Å². The normalized spacial score (nSPS) is 12.2. The van der Waals surface area contributed by atoms with Gasteiger partial charge < -0.3 is 10.8 Å². The van der Waals surface area contributed by atoms with Crippen molar-refractivity contribution in [3.05, 3.63) is 35.4 Å². The fourth-order valence-corrected chi connectivity index (χ4v) is 1.18. The minimum Gasteiger partial charge on any atom is -0.398 e. The van der Waals surface area contributed by atoms with Crippen LogP contribution in [0.25, 0.3) is 6.08 Å². The van der Waals surface area contributed by atoms with Crippen molar-refractivity contribution in [2.75, 3.05) is 12.3 Å². The summed E-state index contributed by atoms with van der Waals surface area (Å²) in [5.74, 6) is 0. The Labute approximate surface area is 91.2 Å². The van der Waals surface area contributed by atoms with Crippen molar-refractivity contribution in [2.24, 2.45) is 0 Å². The van der Waals surface area contributed by atoms with Gasteiger partial charge in [-0.25, -0.2) is 0 Å². The lowest BCUT2D eigenvalue weighted by Crippen LogP contribution is -2.05. The first-order valence-electron chi connectivity index (χ1n) is 4.69. The molecule has 0 fully saturated rings. The van der Waals surface area contributed by atoms with Gasteiger partial charge in [-0.2, -0.15) is 13.2 Å². The van der Waals surface area contributed by atoms with E-state index in [9.17, 15) is 13.2 Å². The highest BCUT2D eigenvalue weighted by Gasteiger charge is 2.30. The Balaban J connectivity index is 3.00. The van der Waals surface area contributed by atoms with E-state index in [1.54, 1.807) is 6.08 Å². The summed E-state index contributed by atoms with van der Waals surface area (Å²) in [5, 5.41) is 8.53. The average molecular weight is 231 g/mol. The predicted molar refractivity (Wildman–Crippen MR) is 56.6 cm³/mol. The van der Waals surface area contributed by atoms with Gasteiger partial charge in [0.15, 0.2) is 0 Å². The Morgan fingerprint density at radius 1 is 1.31 bits per heavy atom. The molecule has 0 aliphatic heterocycles. The van der Waals surface area contributed by atoms with Gasteiger partial charge in [-0.05, 0) is 30.2 Å². The summed E-state index contributed by atoms with van der Waals surface area (Å²) >= 11 is 0. The van der Waals surface area contributed by atoms with Crippen molar-refractivity contribution in [3.8, 4) is 0 Å². The van der Waals surface area contributed by atoms with Gasteiger partial charge in [0.05, 0.1) is 5.56 Å². The smallest absolute Gasteiger partial charge is 0.398 e. The lowest BCUT2D eigenvalue weighted by atomic mass is 10.1. The topological polar surface area (TPSA) is 46.2 Å². The van der Waals surface area contributed by atoms with Crippen molar-refractivity contribution >= 4 is 11.8 Å². The number of aliphatic hydroxyl groups excluding tert-OH is 1. The third-order valence-electron chi connectivity index (χ3n) is 2.01. The van der Waals surface area contributed by atoms with Gasteiger partial charge in [0.1, 0.15) is 0 Å². The highest BCUT2D eigenvalue weighted by molar-refractivity contribution is 5.65. The minimum absolute atomic E-state index is 0.0463. The second kappa shape index (κ2) is 5.03. The third-order valence-corrected chi connectivity index (χ3v) is 2.01. The first-order valence-corrected chi connectivity index (χ1v) is 4.69. The molecule has 0 saturated heterocycles. The molecule has 1 aromatic carbocycles. The van der Waals surface area contributed by atoms with E-state index in [1.807, 2.05) is 0 Å². The standard InChI is InChI=1S/C11H12F3NO/c12-11(13,14)9-4-5-10(15)8(7-9)3-1-2-6-16/h1,3-5,7,16H,2,6,15H2. The number of nitrogens with two attached hydrogens (primary N) is 1. The highest BCUT2D eigenvalue weighted by atomic mass is 19.4. The molecule has 0 amide bonds. The van der Waals surface area contributed by atoms with Gasteiger partial charge in [0, 0.05) is 12.3 Å². The van der Waals surface area contributed by atoms with Crippen molar-refractivity contribution in [2.45, 2.75) is 12.6 Å². The van der Waals surface area contributed by atoms with Crippen LogP contribution in [0.15, 0.2) is 24.3 Å². The maximum absolute atomic E-state index is 12.4. The van der Waals surface area contributed by atoms with Crippen LogP contribution in [0, 0.1) is 0 Å². The van der Waals surface area contributed by atoms with Crippen molar-refractivity contribution in [1.29, 1.82) is 0 Å². The van der Waals surface area contributed by atoms with Crippen LogP contribution >= 0.6 is 0 Å². The minimum atomic E-state index is -4.37. The van der Waals surface area contributed by atoms with Gasteiger partial charge in [0.25, 0.3) is 0 Å². The van der Waals surface area contributed by atoms with Crippen molar-refractivity contribution < 1.29 is 18.3 Å². The lowest BCUT2D eigenvalue weighted by Gasteiger charge is -2.08. The predicted octanol–water partition coefficient (Wildman–Crippen LogP) is 2.68. The Morgan fingerprint density at radius 3 is 2.56 bits per heavy atom. The van der Waals surface area contributed by atoms with Gasteiger partial charge in [-0.3, -0.25) is 0 Å². The molecule has 0 aliphatic rings. The summed E-state index contributed by atoms with van der Waals surface area (Å²) in [6.45, 7) is -0.0463. The van der Waals surface area contributed by atoms with Crippen LogP contribution in [0.5, 0.6) is 0 Å². The summed E-state index contributed by atoms with van der Waals surface area (Å²) < 4.78 is 37.1. The average Bonchev–Trinajstić information content (AvgIpc) is 2.19. The number of aliphatic hydroxyl groups is 1. The molecule has 88 valence electrons. The lowest BCUT2D eigenvalue weighted by molar-refractivity contribution is -0.137. The van der Waals surface area contributed by atoms with E-state index in [1.165, 1.54) is 12.1 Å². The van der Waals surface area contributed by atoms with Gasteiger partial charge in [-0.1, -0.05) is 12.2 Å². The molecule has 0 unspecified atom stereocenters. The van der Waals surface area contributed by atoms with Crippen LogP contribution in [-0.4, -0.2) is 11.7 Å². The Hall–Kier alpha value is -1.49. The van der Waals surface area contributed by atoms with E-state index in [4.69, 9.17) is 10.8 Å². The number of alkyl halides is 3. The van der Waals surface area contributed by atoms with E-state index in [-0.39, 0.29) is 12.3 Å². The summed E-state index contributed by atoms with van der Waals surface area (Å²) in [6, 6.07) is 3.16. The van der Waals surface area contributed by atoms with E-state index < -0.39 is 11.7 Å². The van der Waals surface area contributed by atoms with E-state index in [2.05, 4.69) is 0 Å². The zero-order valence-electron chi connectivity index (χ0n) is 8.46. The molecule has 0 saturated carbocycles. The summed E-state index contributed by atoms with van der Waals surface area (Å²) in [6.07, 6.45) is -0.935. The maximum Gasteiger partial charge on any atom is 0.416 e. The van der Waals surface area contributed by atoms with Crippen LogP contribution in [0.2, 0.25) is 0 Å². The van der Waals surface area contributed by atoms with E-state index in [0.29, 0.717) is 12.0 Å². The Morgan fingerprint density at radius 2 is 2.00 bits per heavy atom. The van der Waals surface area contributed by atoms with Crippen LogP contribution < -0.4 is 5.73 Å². The summed E-state index contributed by atoms with van der Waals surface area (Å²) in [5.41, 5.74) is 5.39. The molecule has 0 aromatic heterocycles.